The molecule has 6 heteroatoms. The first-order valence-corrected chi connectivity index (χ1v) is 9.93. The molecule has 1 aromatic heterocycles. The molecule has 0 aliphatic carbocycles. The van der Waals surface area contributed by atoms with E-state index in [1.807, 2.05) is 13.8 Å². The normalized spacial score (nSPS) is 12.5. The van der Waals surface area contributed by atoms with Crippen molar-refractivity contribution in [3.05, 3.63) is 63.9 Å². The Morgan fingerprint density at radius 1 is 1.08 bits per heavy atom. The fraction of sp³-hybridized carbons (Fsp3) is 0.250. The summed E-state index contributed by atoms with van der Waals surface area (Å²) >= 11 is 0. The van der Waals surface area contributed by atoms with Gasteiger partial charge in [0.2, 0.25) is 0 Å². The first kappa shape index (κ1) is 18.5. The van der Waals surface area contributed by atoms with E-state index < -0.39 is 22.4 Å². The summed E-state index contributed by atoms with van der Waals surface area (Å²) < 4.78 is 43.3. The molecule has 2 aromatic carbocycles. The largest absolute Gasteiger partial charge is 0.342 e. The van der Waals surface area contributed by atoms with Crippen molar-refractivity contribution in [2.75, 3.05) is 6.26 Å². The van der Waals surface area contributed by atoms with Gasteiger partial charge < -0.3 is 4.57 Å². The van der Waals surface area contributed by atoms with Gasteiger partial charge in [-0.1, -0.05) is 19.1 Å². The molecular formula is C20H19F2NO2S. The molecule has 26 heavy (non-hydrogen) atoms. The van der Waals surface area contributed by atoms with Gasteiger partial charge in [-0.15, -0.1) is 0 Å². The van der Waals surface area contributed by atoms with Crippen molar-refractivity contribution in [3.63, 3.8) is 0 Å². The third-order valence-electron chi connectivity index (χ3n) is 4.53. The fourth-order valence-corrected chi connectivity index (χ4v) is 3.76. The van der Waals surface area contributed by atoms with Crippen molar-refractivity contribution in [1.29, 1.82) is 0 Å². The van der Waals surface area contributed by atoms with Crippen LogP contribution in [0.15, 0.2) is 46.1 Å². The number of aryl methyl sites for hydroxylation is 2. The molecule has 3 rings (SSSR count). The summed E-state index contributed by atoms with van der Waals surface area (Å²) in [5, 5.41) is 0.0362. The van der Waals surface area contributed by atoms with Gasteiger partial charge in [0, 0.05) is 40.3 Å². The highest BCUT2D eigenvalue weighted by atomic mass is 32.2. The second kappa shape index (κ2) is 7.11. The van der Waals surface area contributed by atoms with E-state index in [-0.39, 0.29) is 21.9 Å². The Bertz CT molecular complexity index is 1070. The lowest BCUT2D eigenvalue weighted by molar-refractivity contribution is 0.588. The third-order valence-corrected chi connectivity index (χ3v) is 5.46. The van der Waals surface area contributed by atoms with E-state index in [4.69, 9.17) is 0 Å². The fourth-order valence-electron chi connectivity index (χ4n) is 3.24. The molecule has 0 bridgehead atoms. The van der Waals surface area contributed by atoms with E-state index in [9.17, 15) is 13.4 Å². The molecule has 0 fully saturated rings. The number of hydrogen-bond donors (Lipinski definition) is 0. The maximum Gasteiger partial charge on any atom is 0.189 e. The first-order chi connectivity index (χ1) is 12.4. The highest BCUT2D eigenvalue weighted by Crippen LogP contribution is 2.32. The molecule has 0 spiro atoms. The Morgan fingerprint density at radius 2 is 1.73 bits per heavy atom. The third kappa shape index (κ3) is 2.98. The smallest absolute Gasteiger partial charge is 0.189 e. The lowest BCUT2D eigenvalue weighted by atomic mass is 10.0. The second-order valence-corrected chi connectivity index (χ2v) is 7.40. The average Bonchev–Trinajstić information content (AvgIpc) is 2.62. The predicted molar refractivity (Wildman–Crippen MR) is 101 cm³/mol. The zero-order valence-electron chi connectivity index (χ0n) is 14.8. The topological polar surface area (TPSA) is 39.1 Å². The molecule has 3 nitrogen and oxygen atoms in total. The predicted octanol–water partition coefficient (Wildman–Crippen LogP) is 4.27. The number of nitrogens with zero attached hydrogens (tertiary/aromatic N) is 1. The van der Waals surface area contributed by atoms with Crippen molar-refractivity contribution in [2.45, 2.75) is 31.7 Å². The zero-order valence-corrected chi connectivity index (χ0v) is 15.6. The summed E-state index contributed by atoms with van der Waals surface area (Å²) in [6.07, 6.45) is 2.11. The van der Waals surface area contributed by atoms with Gasteiger partial charge >= 0.3 is 0 Å². The van der Waals surface area contributed by atoms with E-state index >= 15 is 4.39 Å². The minimum atomic E-state index is -1.17. The number of halogens is 2. The molecular weight excluding hydrogens is 356 g/mol. The summed E-state index contributed by atoms with van der Waals surface area (Å²) in [6.45, 7) is 4.21. The number of hydrogen-bond acceptors (Lipinski definition) is 2. The van der Waals surface area contributed by atoms with Crippen LogP contribution in [0.2, 0.25) is 0 Å². The first-order valence-electron chi connectivity index (χ1n) is 8.37. The standard InChI is InChI=1S/C20H19F2NO2S/c1-4-13-10-17(24)15-11-16(21)18(19(22)20(15)23(13)5-2)12-6-8-14(9-7-12)26(3)25/h6-11H,4-5H2,1-3H3. The van der Waals surface area contributed by atoms with Crippen molar-refractivity contribution in [2.24, 2.45) is 0 Å². The highest BCUT2D eigenvalue weighted by Gasteiger charge is 2.20. The lowest BCUT2D eigenvalue weighted by Crippen LogP contribution is -2.15. The van der Waals surface area contributed by atoms with Gasteiger partial charge in [-0.05, 0) is 37.1 Å². The molecule has 0 aliphatic heterocycles. The molecule has 0 aliphatic rings. The van der Waals surface area contributed by atoms with Crippen LogP contribution >= 0.6 is 0 Å². The molecule has 0 saturated carbocycles. The van der Waals surface area contributed by atoms with E-state index in [0.29, 0.717) is 29.1 Å². The van der Waals surface area contributed by atoms with Crippen LogP contribution in [0.1, 0.15) is 19.5 Å². The highest BCUT2D eigenvalue weighted by molar-refractivity contribution is 7.84. The maximum atomic E-state index is 15.4. The van der Waals surface area contributed by atoms with Gasteiger partial charge in [0.1, 0.15) is 5.82 Å². The van der Waals surface area contributed by atoms with Crippen LogP contribution in [0, 0.1) is 11.6 Å². The van der Waals surface area contributed by atoms with Crippen molar-refractivity contribution in [1.82, 2.24) is 4.57 Å². The summed E-state index contributed by atoms with van der Waals surface area (Å²) in [5.74, 6) is -1.54. The van der Waals surface area contributed by atoms with Gasteiger partial charge in [0.15, 0.2) is 11.2 Å². The number of aromatic nitrogens is 1. The minimum Gasteiger partial charge on any atom is -0.342 e. The molecule has 136 valence electrons. The minimum absolute atomic E-state index is 0.0362. The van der Waals surface area contributed by atoms with Crippen LogP contribution in [-0.4, -0.2) is 15.0 Å². The summed E-state index contributed by atoms with van der Waals surface area (Å²) in [6, 6.07) is 8.81. The molecule has 1 unspecified atom stereocenters. The van der Waals surface area contributed by atoms with Crippen LogP contribution < -0.4 is 5.43 Å². The molecule has 0 amide bonds. The van der Waals surface area contributed by atoms with E-state index in [1.54, 1.807) is 35.1 Å². The Labute approximate surface area is 152 Å². The van der Waals surface area contributed by atoms with Crippen molar-refractivity contribution < 1.29 is 13.0 Å². The molecule has 0 N–H and O–H groups in total. The van der Waals surface area contributed by atoms with Crippen LogP contribution in [-0.2, 0) is 23.8 Å². The summed E-state index contributed by atoms with van der Waals surface area (Å²) in [4.78, 5) is 12.9. The van der Waals surface area contributed by atoms with Crippen LogP contribution in [0.5, 0.6) is 0 Å². The van der Waals surface area contributed by atoms with Gasteiger partial charge in [0.25, 0.3) is 0 Å². The van der Waals surface area contributed by atoms with Crippen LogP contribution in [0.3, 0.4) is 0 Å². The van der Waals surface area contributed by atoms with Gasteiger partial charge in [-0.25, -0.2) is 8.78 Å². The Hall–Kier alpha value is -2.34. The van der Waals surface area contributed by atoms with E-state index in [1.165, 1.54) is 6.07 Å². The molecule has 3 aromatic rings. The number of rotatable bonds is 4. The maximum absolute atomic E-state index is 15.4. The zero-order chi connectivity index (χ0) is 19.0. The molecule has 0 radical (unpaired) electrons. The number of pyridine rings is 1. The SMILES string of the molecule is CCc1cc(=O)c2cc(F)c(-c3ccc(S(C)=O)cc3)c(F)c2n1CC. The molecule has 1 atom stereocenters. The molecule has 0 saturated heterocycles. The average molecular weight is 375 g/mol. The molecule has 1 heterocycles. The van der Waals surface area contributed by atoms with E-state index in [2.05, 4.69) is 0 Å². The van der Waals surface area contributed by atoms with Crippen molar-refractivity contribution >= 4 is 21.7 Å². The monoisotopic (exact) mass is 375 g/mol. The van der Waals surface area contributed by atoms with Crippen molar-refractivity contribution in [3.8, 4) is 11.1 Å². The van der Waals surface area contributed by atoms with Gasteiger partial charge in [-0.2, -0.15) is 0 Å². The quantitative estimate of drug-likeness (QED) is 0.683. The Morgan fingerprint density at radius 3 is 2.27 bits per heavy atom. The number of fused-ring (bicyclic) bond motifs is 1. The number of benzene rings is 2. The van der Waals surface area contributed by atoms with Gasteiger partial charge in [-0.3, -0.25) is 9.00 Å². The summed E-state index contributed by atoms with van der Waals surface area (Å²) in [7, 11) is -1.17. The second-order valence-electron chi connectivity index (χ2n) is 6.02. The summed E-state index contributed by atoms with van der Waals surface area (Å²) in [5.41, 5.74) is 0.603. The lowest BCUT2D eigenvalue weighted by Gasteiger charge is -2.17. The Kier molecular flexibility index (Phi) is 5.05. The Balaban J connectivity index is 2.37. The van der Waals surface area contributed by atoms with Gasteiger partial charge in [0.05, 0.1) is 16.5 Å². The van der Waals surface area contributed by atoms with Crippen LogP contribution in [0.25, 0.3) is 22.0 Å². The van der Waals surface area contributed by atoms with Crippen LogP contribution in [0.4, 0.5) is 8.78 Å². The van der Waals surface area contributed by atoms with E-state index in [0.717, 1.165) is 6.07 Å².